The van der Waals surface area contributed by atoms with Crippen LogP contribution in [0.15, 0.2) is 18.2 Å². The van der Waals surface area contributed by atoms with Crippen LogP contribution in [0, 0.1) is 5.41 Å². The fourth-order valence-corrected chi connectivity index (χ4v) is 2.72. The van der Waals surface area contributed by atoms with Gasteiger partial charge >= 0.3 is 5.97 Å². The van der Waals surface area contributed by atoms with Gasteiger partial charge in [-0.25, -0.2) is 0 Å². The van der Waals surface area contributed by atoms with Crippen molar-refractivity contribution in [3.05, 3.63) is 23.8 Å². The maximum Gasteiger partial charge on any atom is 0.309 e. The number of phenolic OH excluding ortho intramolecular Hbond substituents is 2. The summed E-state index contributed by atoms with van der Waals surface area (Å²) in [7, 11) is 0. The summed E-state index contributed by atoms with van der Waals surface area (Å²) in [6.07, 6.45) is 1.32. The zero-order valence-corrected chi connectivity index (χ0v) is 11.9. The van der Waals surface area contributed by atoms with Crippen molar-refractivity contribution in [3.63, 3.8) is 0 Å². The molecular weight excluding hydrogens is 274 g/mol. The molecule has 21 heavy (non-hydrogen) atoms. The van der Waals surface area contributed by atoms with Gasteiger partial charge < -0.3 is 20.2 Å². The third kappa shape index (κ3) is 2.79. The van der Waals surface area contributed by atoms with E-state index in [1.54, 1.807) is 0 Å². The highest BCUT2D eigenvalue weighted by molar-refractivity contribution is 5.97. The number of hydrogen-bond acceptors (Lipinski definition) is 4. The van der Waals surface area contributed by atoms with E-state index in [-0.39, 0.29) is 17.1 Å². The number of carboxylic acid groups (broad SMARTS) is 1. The van der Waals surface area contributed by atoms with Gasteiger partial charge in [0.2, 0.25) is 0 Å². The largest absolute Gasteiger partial charge is 0.508 e. The van der Waals surface area contributed by atoms with Gasteiger partial charge in [0.25, 0.3) is 5.91 Å². The van der Waals surface area contributed by atoms with E-state index in [4.69, 9.17) is 0 Å². The van der Waals surface area contributed by atoms with Crippen LogP contribution in [0.25, 0.3) is 0 Å². The molecule has 0 spiro atoms. The van der Waals surface area contributed by atoms with Gasteiger partial charge in [0, 0.05) is 13.1 Å². The number of likely N-dealkylation sites (tertiary alicyclic amines) is 1. The second-order valence-corrected chi connectivity index (χ2v) is 5.43. The lowest BCUT2D eigenvalue weighted by Gasteiger charge is -2.38. The Bertz CT molecular complexity index is 561. The summed E-state index contributed by atoms with van der Waals surface area (Å²) in [6, 6.07) is 3.78. The highest BCUT2D eigenvalue weighted by Crippen LogP contribution is 2.36. The van der Waals surface area contributed by atoms with Crippen molar-refractivity contribution in [2.24, 2.45) is 5.41 Å². The fraction of sp³-hybridized carbons (Fsp3) is 0.467. The number of amides is 1. The number of aliphatic carboxylic acids is 1. The van der Waals surface area contributed by atoms with Crippen molar-refractivity contribution in [1.29, 1.82) is 0 Å². The summed E-state index contributed by atoms with van der Waals surface area (Å²) in [4.78, 5) is 25.2. The van der Waals surface area contributed by atoms with Gasteiger partial charge in [-0.15, -0.1) is 0 Å². The molecule has 1 aromatic rings. The van der Waals surface area contributed by atoms with Crippen molar-refractivity contribution in [3.8, 4) is 11.5 Å². The van der Waals surface area contributed by atoms with Gasteiger partial charge in [-0.3, -0.25) is 9.59 Å². The van der Waals surface area contributed by atoms with Crippen molar-refractivity contribution in [2.75, 3.05) is 13.1 Å². The first kappa shape index (κ1) is 15.2. The summed E-state index contributed by atoms with van der Waals surface area (Å²) in [5.41, 5.74) is -0.730. The van der Waals surface area contributed by atoms with E-state index in [9.17, 15) is 24.9 Å². The number of benzene rings is 1. The van der Waals surface area contributed by atoms with Gasteiger partial charge in [-0.2, -0.15) is 0 Å². The lowest BCUT2D eigenvalue weighted by molar-refractivity contribution is -0.152. The van der Waals surface area contributed by atoms with Crippen LogP contribution in [0.2, 0.25) is 0 Å². The molecule has 1 aromatic carbocycles. The molecule has 1 aliphatic heterocycles. The van der Waals surface area contributed by atoms with E-state index in [0.29, 0.717) is 32.4 Å². The predicted molar refractivity (Wildman–Crippen MR) is 75.3 cm³/mol. The molecule has 0 aliphatic carbocycles. The molecule has 1 aliphatic rings. The quantitative estimate of drug-likeness (QED) is 0.738. The Hall–Kier alpha value is -2.24. The Balaban J connectivity index is 2.13. The van der Waals surface area contributed by atoms with Gasteiger partial charge in [0.05, 0.1) is 11.0 Å². The number of carbonyl (C=O) groups is 2. The van der Waals surface area contributed by atoms with Crippen molar-refractivity contribution in [2.45, 2.75) is 26.2 Å². The fourth-order valence-electron chi connectivity index (χ4n) is 2.72. The molecule has 0 saturated carbocycles. The molecule has 1 heterocycles. The Kier molecular flexibility index (Phi) is 4.06. The first-order valence-electron chi connectivity index (χ1n) is 6.94. The SMILES string of the molecule is CCC1(C(=O)O)CCN(C(=O)c2cc(O)ccc2O)CC1. The second kappa shape index (κ2) is 5.63. The normalized spacial score (nSPS) is 17.5. The molecule has 0 atom stereocenters. The number of hydrogen-bond donors (Lipinski definition) is 3. The van der Waals surface area contributed by atoms with Crippen LogP contribution in [0.4, 0.5) is 0 Å². The molecule has 1 fully saturated rings. The Morgan fingerprint density at radius 3 is 2.38 bits per heavy atom. The smallest absolute Gasteiger partial charge is 0.309 e. The van der Waals surface area contributed by atoms with Crippen LogP contribution in [0.5, 0.6) is 11.5 Å². The molecule has 114 valence electrons. The minimum Gasteiger partial charge on any atom is -0.508 e. The summed E-state index contributed by atoms with van der Waals surface area (Å²) < 4.78 is 0. The lowest BCUT2D eigenvalue weighted by atomic mass is 9.76. The van der Waals surface area contributed by atoms with Crippen LogP contribution in [0.3, 0.4) is 0 Å². The number of nitrogens with zero attached hydrogens (tertiary/aromatic N) is 1. The molecule has 0 bridgehead atoms. The monoisotopic (exact) mass is 293 g/mol. The maximum absolute atomic E-state index is 12.3. The Labute approximate surface area is 122 Å². The molecular formula is C15H19NO5. The highest BCUT2D eigenvalue weighted by Gasteiger charge is 2.41. The standard InChI is InChI=1S/C15H19NO5/c1-2-15(14(20)21)5-7-16(8-6-15)13(19)11-9-10(17)3-4-12(11)18/h3-4,9,17-18H,2,5-8H2,1H3,(H,20,21). The van der Waals surface area contributed by atoms with Gasteiger partial charge in [0.15, 0.2) is 0 Å². The molecule has 3 N–H and O–H groups in total. The van der Waals surface area contributed by atoms with E-state index in [0.717, 1.165) is 0 Å². The lowest BCUT2D eigenvalue weighted by Crippen LogP contribution is -2.46. The molecule has 2 rings (SSSR count). The van der Waals surface area contributed by atoms with Crippen LogP contribution in [0.1, 0.15) is 36.5 Å². The minimum absolute atomic E-state index is 0.0364. The molecule has 1 saturated heterocycles. The maximum atomic E-state index is 12.3. The van der Waals surface area contributed by atoms with Gasteiger partial charge in [-0.1, -0.05) is 6.92 Å². The average Bonchev–Trinajstić information content (AvgIpc) is 2.49. The summed E-state index contributed by atoms with van der Waals surface area (Å²) >= 11 is 0. The number of carboxylic acids is 1. The zero-order valence-electron chi connectivity index (χ0n) is 11.9. The molecule has 6 nitrogen and oxygen atoms in total. The van der Waals surface area contributed by atoms with E-state index < -0.39 is 17.3 Å². The van der Waals surface area contributed by atoms with E-state index in [1.165, 1.54) is 23.1 Å². The van der Waals surface area contributed by atoms with Crippen molar-refractivity contribution >= 4 is 11.9 Å². The van der Waals surface area contributed by atoms with Crippen molar-refractivity contribution in [1.82, 2.24) is 4.90 Å². The Morgan fingerprint density at radius 1 is 1.24 bits per heavy atom. The van der Waals surface area contributed by atoms with Gasteiger partial charge in [-0.05, 0) is 37.5 Å². The molecule has 6 heteroatoms. The number of carbonyl (C=O) groups excluding carboxylic acids is 1. The minimum atomic E-state index is -0.822. The number of piperidine rings is 1. The van der Waals surface area contributed by atoms with E-state index in [2.05, 4.69) is 0 Å². The van der Waals surface area contributed by atoms with Gasteiger partial charge in [0.1, 0.15) is 11.5 Å². The average molecular weight is 293 g/mol. The number of rotatable bonds is 3. The third-order valence-electron chi connectivity index (χ3n) is 4.35. The Morgan fingerprint density at radius 2 is 1.86 bits per heavy atom. The highest BCUT2D eigenvalue weighted by atomic mass is 16.4. The molecule has 1 amide bonds. The zero-order chi connectivity index (χ0) is 15.6. The molecule has 0 unspecified atom stereocenters. The molecule has 0 aromatic heterocycles. The second-order valence-electron chi connectivity index (χ2n) is 5.43. The summed E-state index contributed by atoms with van der Waals surface area (Å²) in [6.45, 7) is 2.49. The third-order valence-corrected chi connectivity index (χ3v) is 4.35. The van der Waals surface area contributed by atoms with E-state index in [1.807, 2.05) is 6.92 Å². The van der Waals surface area contributed by atoms with Crippen LogP contribution in [-0.2, 0) is 4.79 Å². The molecule has 0 radical (unpaired) electrons. The first-order chi connectivity index (χ1) is 9.89. The van der Waals surface area contributed by atoms with Crippen LogP contribution < -0.4 is 0 Å². The van der Waals surface area contributed by atoms with Crippen LogP contribution in [-0.4, -0.2) is 45.2 Å². The predicted octanol–water partition coefficient (Wildman–Crippen LogP) is 1.81. The van der Waals surface area contributed by atoms with Crippen molar-refractivity contribution < 1.29 is 24.9 Å². The number of phenols is 2. The topological polar surface area (TPSA) is 98.1 Å². The summed E-state index contributed by atoms with van der Waals surface area (Å²) in [5.74, 6) is -1.50. The number of aromatic hydroxyl groups is 2. The van der Waals surface area contributed by atoms with Crippen LogP contribution >= 0.6 is 0 Å². The van der Waals surface area contributed by atoms with E-state index >= 15 is 0 Å². The summed E-state index contributed by atoms with van der Waals surface area (Å²) in [5, 5.41) is 28.5. The first-order valence-corrected chi connectivity index (χ1v) is 6.94.